The van der Waals surface area contributed by atoms with Gasteiger partial charge in [0.05, 0.1) is 19.8 Å². The summed E-state index contributed by atoms with van der Waals surface area (Å²) in [6.07, 6.45) is 0. The lowest BCUT2D eigenvalue weighted by molar-refractivity contribution is -0.136. The molecule has 41 heavy (non-hydrogen) atoms. The standard InChI is InChI=1S/C29H25Cl3N4O4S/c1-16-25(27(37)39-3)26(36-28(33-16)34-29(35-36)41-15-19-6-4-5-7-21(19)31)17-9-11-23(24(12-17)38-2)40-14-18-8-10-20(30)13-22(18)32/h4-13,26H,14-15H2,1-3H3,(H,33,34,35). The third-order valence-electron chi connectivity index (χ3n) is 6.45. The van der Waals surface area contributed by atoms with Crippen LogP contribution in [0.1, 0.15) is 29.7 Å². The number of benzene rings is 3. The van der Waals surface area contributed by atoms with Gasteiger partial charge in [-0.15, -0.1) is 5.10 Å². The number of aromatic nitrogens is 3. The smallest absolute Gasteiger partial charge is 0.338 e. The van der Waals surface area contributed by atoms with Gasteiger partial charge in [0.1, 0.15) is 12.6 Å². The summed E-state index contributed by atoms with van der Waals surface area (Å²) in [6.45, 7) is 2.02. The molecule has 12 heteroatoms. The molecule has 0 aliphatic carbocycles. The maximum atomic E-state index is 13.0. The quantitative estimate of drug-likeness (QED) is 0.149. The van der Waals surface area contributed by atoms with Crippen LogP contribution in [0.5, 0.6) is 11.5 Å². The van der Waals surface area contributed by atoms with Crippen molar-refractivity contribution < 1.29 is 19.0 Å². The molecule has 1 atom stereocenters. The number of fused-ring (bicyclic) bond motifs is 1. The SMILES string of the molecule is COC(=O)C1=C(C)Nc2nc(SCc3ccccc3Cl)nn2C1c1ccc(OCc2ccc(Cl)cc2Cl)c(OC)c1. The predicted molar refractivity (Wildman–Crippen MR) is 161 cm³/mol. The molecule has 5 rings (SSSR count). The zero-order chi connectivity index (χ0) is 29.1. The second-order valence-electron chi connectivity index (χ2n) is 9.04. The lowest BCUT2D eigenvalue weighted by Gasteiger charge is -2.28. The van der Waals surface area contributed by atoms with Crippen LogP contribution >= 0.6 is 46.6 Å². The van der Waals surface area contributed by atoms with Crippen molar-refractivity contribution in [3.05, 3.63) is 104 Å². The van der Waals surface area contributed by atoms with Gasteiger partial charge in [-0.1, -0.05) is 76.9 Å². The first-order valence-electron chi connectivity index (χ1n) is 12.4. The zero-order valence-electron chi connectivity index (χ0n) is 22.3. The highest BCUT2D eigenvalue weighted by Gasteiger charge is 2.35. The Bertz CT molecular complexity index is 1640. The topological polar surface area (TPSA) is 87.5 Å². The van der Waals surface area contributed by atoms with E-state index in [1.54, 1.807) is 36.9 Å². The molecule has 0 radical (unpaired) electrons. The van der Waals surface area contributed by atoms with Crippen molar-refractivity contribution in [1.82, 2.24) is 14.8 Å². The number of methoxy groups -OCH3 is 2. The van der Waals surface area contributed by atoms with Gasteiger partial charge in [0.15, 0.2) is 11.5 Å². The van der Waals surface area contributed by atoms with Gasteiger partial charge < -0.3 is 19.5 Å². The van der Waals surface area contributed by atoms with E-state index in [1.807, 2.05) is 42.5 Å². The summed E-state index contributed by atoms with van der Waals surface area (Å²) in [5.74, 6) is 1.58. The summed E-state index contributed by atoms with van der Waals surface area (Å²) in [7, 11) is 2.90. The van der Waals surface area contributed by atoms with E-state index in [4.69, 9.17) is 54.1 Å². The lowest BCUT2D eigenvalue weighted by atomic mass is 9.95. The Morgan fingerprint density at radius 1 is 1.00 bits per heavy atom. The number of halogens is 3. The van der Waals surface area contributed by atoms with Crippen molar-refractivity contribution in [2.75, 3.05) is 19.5 Å². The summed E-state index contributed by atoms with van der Waals surface area (Å²) >= 11 is 20.1. The number of allylic oxidation sites excluding steroid dienone is 1. The Balaban J connectivity index is 1.46. The minimum Gasteiger partial charge on any atom is -0.493 e. The van der Waals surface area contributed by atoms with Gasteiger partial charge in [-0.25, -0.2) is 9.48 Å². The Hall–Kier alpha value is -3.37. The minimum absolute atomic E-state index is 0.213. The number of thioether (sulfide) groups is 1. The number of carbonyl (C=O) groups excluding carboxylic acids is 1. The first kappa shape index (κ1) is 29.1. The van der Waals surface area contributed by atoms with Gasteiger partial charge in [0.25, 0.3) is 0 Å². The number of rotatable bonds is 9. The molecule has 0 amide bonds. The van der Waals surface area contributed by atoms with Crippen molar-refractivity contribution in [1.29, 1.82) is 0 Å². The Morgan fingerprint density at radius 3 is 2.54 bits per heavy atom. The average molecular weight is 632 g/mol. The molecule has 1 N–H and O–H groups in total. The van der Waals surface area contributed by atoms with Crippen LogP contribution in [-0.4, -0.2) is 35.0 Å². The van der Waals surface area contributed by atoms with Crippen molar-refractivity contribution >= 4 is 58.5 Å². The largest absolute Gasteiger partial charge is 0.493 e. The number of nitrogens with one attached hydrogen (secondary N) is 1. The molecule has 1 unspecified atom stereocenters. The molecule has 0 saturated heterocycles. The fourth-order valence-electron chi connectivity index (χ4n) is 4.40. The van der Waals surface area contributed by atoms with E-state index in [9.17, 15) is 4.79 Å². The number of carbonyl (C=O) groups is 1. The number of anilines is 1. The van der Waals surface area contributed by atoms with E-state index in [1.165, 1.54) is 18.9 Å². The second-order valence-corrected chi connectivity index (χ2v) is 11.2. The number of hydrogen-bond acceptors (Lipinski definition) is 8. The molecule has 0 saturated carbocycles. The molecule has 0 bridgehead atoms. The van der Waals surface area contributed by atoms with Crippen LogP contribution in [0.2, 0.25) is 15.1 Å². The summed E-state index contributed by atoms with van der Waals surface area (Å²) in [5.41, 5.74) is 3.49. The molecular weight excluding hydrogens is 607 g/mol. The summed E-state index contributed by atoms with van der Waals surface area (Å²) in [4.78, 5) is 17.7. The van der Waals surface area contributed by atoms with Crippen molar-refractivity contribution in [2.24, 2.45) is 0 Å². The van der Waals surface area contributed by atoms with E-state index in [0.717, 1.165) is 16.7 Å². The molecule has 1 aliphatic heterocycles. The molecule has 2 heterocycles. The number of ether oxygens (including phenoxy) is 3. The van der Waals surface area contributed by atoms with Gasteiger partial charge in [-0.2, -0.15) is 4.98 Å². The molecule has 8 nitrogen and oxygen atoms in total. The first-order chi connectivity index (χ1) is 19.8. The zero-order valence-corrected chi connectivity index (χ0v) is 25.4. The monoisotopic (exact) mass is 630 g/mol. The molecule has 1 aliphatic rings. The van der Waals surface area contributed by atoms with E-state index < -0.39 is 12.0 Å². The van der Waals surface area contributed by atoms with Crippen LogP contribution in [-0.2, 0) is 21.9 Å². The van der Waals surface area contributed by atoms with Gasteiger partial charge in [0, 0.05) is 32.1 Å². The molecule has 3 aromatic carbocycles. The normalized spacial score (nSPS) is 14.3. The average Bonchev–Trinajstić information content (AvgIpc) is 3.37. The Morgan fingerprint density at radius 2 is 1.80 bits per heavy atom. The number of esters is 1. The fourth-order valence-corrected chi connectivity index (χ4v) is 5.98. The molecule has 0 spiro atoms. The van der Waals surface area contributed by atoms with Crippen LogP contribution in [0.4, 0.5) is 5.95 Å². The summed E-state index contributed by atoms with van der Waals surface area (Å²) < 4.78 is 18.5. The van der Waals surface area contributed by atoms with Crippen LogP contribution in [0.15, 0.2) is 77.1 Å². The highest BCUT2D eigenvalue weighted by atomic mass is 35.5. The Labute approximate surface area is 256 Å². The molecule has 212 valence electrons. The van der Waals surface area contributed by atoms with E-state index in [2.05, 4.69) is 10.3 Å². The summed E-state index contributed by atoms with van der Waals surface area (Å²) in [5, 5.41) is 10.2. The highest BCUT2D eigenvalue weighted by molar-refractivity contribution is 7.98. The lowest BCUT2D eigenvalue weighted by Crippen LogP contribution is -2.29. The fraction of sp³-hybridized carbons (Fsp3) is 0.207. The van der Waals surface area contributed by atoms with E-state index in [0.29, 0.717) is 54.7 Å². The molecule has 4 aromatic rings. The summed E-state index contributed by atoms with van der Waals surface area (Å²) in [6, 6.07) is 17.7. The third kappa shape index (κ3) is 6.28. The van der Waals surface area contributed by atoms with Gasteiger partial charge in [-0.3, -0.25) is 0 Å². The maximum Gasteiger partial charge on any atom is 0.338 e. The second kappa shape index (κ2) is 12.7. The van der Waals surface area contributed by atoms with Crippen molar-refractivity contribution in [2.45, 2.75) is 30.5 Å². The Kier molecular flexibility index (Phi) is 8.99. The van der Waals surface area contributed by atoms with Gasteiger partial charge in [-0.05, 0) is 48.4 Å². The highest BCUT2D eigenvalue weighted by Crippen LogP contribution is 2.40. The van der Waals surface area contributed by atoms with E-state index in [-0.39, 0.29) is 6.61 Å². The van der Waals surface area contributed by atoms with E-state index >= 15 is 0 Å². The van der Waals surface area contributed by atoms with Crippen LogP contribution < -0.4 is 14.8 Å². The van der Waals surface area contributed by atoms with Crippen LogP contribution in [0, 0.1) is 0 Å². The molecule has 0 fully saturated rings. The van der Waals surface area contributed by atoms with Crippen molar-refractivity contribution in [3.63, 3.8) is 0 Å². The van der Waals surface area contributed by atoms with Crippen LogP contribution in [0.3, 0.4) is 0 Å². The number of nitrogens with zero attached hydrogens (tertiary/aromatic N) is 3. The van der Waals surface area contributed by atoms with Crippen LogP contribution in [0.25, 0.3) is 0 Å². The van der Waals surface area contributed by atoms with Crippen molar-refractivity contribution in [3.8, 4) is 11.5 Å². The predicted octanol–water partition coefficient (Wildman–Crippen LogP) is 7.58. The maximum absolute atomic E-state index is 13.0. The third-order valence-corrected chi connectivity index (χ3v) is 8.30. The molecular formula is C29H25Cl3N4O4S. The minimum atomic E-state index is -0.630. The van der Waals surface area contributed by atoms with Gasteiger partial charge in [0.2, 0.25) is 11.1 Å². The van der Waals surface area contributed by atoms with Gasteiger partial charge >= 0.3 is 5.97 Å². The molecule has 1 aromatic heterocycles. The number of hydrogen-bond donors (Lipinski definition) is 1. The first-order valence-corrected chi connectivity index (χ1v) is 14.5.